The summed E-state index contributed by atoms with van der Waals surface area (Å²) in [6, 6.07) is 11.6. The SMILES string of the molecule is COc1ccc(CSc2ccc(N)nn2)cc1. The molecule has 0 unspecified atom stereocenters. The van der Waals surface area contributed by atoms with Crippen molar-refractivity contribution in [2.45, 2.75) is 10.8 Å². The highest BCUT2D eigenvalue weighted by Crippen LogP contribution is 2.21. The summed E-state index contributed by atoms with van der Waals surface area (Å²) in [6.07, 6.45) is 0. The molecular weight excluding hydrogens is 234 g/mol. The maximum atomic E-state index is 5.47. The molecule has 0 spiro atoms. The second kappa shape index (κ2) is 5.54. The molecular formula is C12H13N3OS. The van der Waals surface area contributed by atoms with E-state index in [1.165, 1.54) is 5.56 Å². The van der Waals surface area contributed by atoms with Crippen molar-refractivity contribution in [3.8, 4) is 5.75 Å². The number of anilines is 1. The molecule has 0 aliphatic carbocycles. The van der Waals surface area contributed by atoms with Crippen molar-refractivity contribution in [3.63, 3.8) is 0 Å². The van der Waals surface area contributed by atoms with Crippen LogP contribution in [0.25, 0.3) is 0 Å². The molecule has 5 heteroatoms. The van der Waals surface area contributed by atoms with Crippen molar-refractivity contribution >= 4 is 17.6 Å². The Kier molecular flexibility index (Phi) is 3.82. The van der Waals surface area contributed by atoms with Crippen LogP contribution in [-0.2, 0) is 5.75 Å². The lowest BCUT2D eigenvalue weighted by Crippen LogP contribution is -1.93. The zero-order valence-corrected chi connectivity index (χ0v) is 10.3. The molecule has 1 aromatic carbocycles. The van der Waals surface area contributed by atoms with Gasteiger partial charge in [0, 0.05) is 5.75 Å². The van der Waals surface area contributed by atoms with Gasteiger partial charge < -0.3 is 10.5 Å². The number of rotatable bonds is 4. The maximum absolute atomic E-state index is 5.47. The van der Waals surface area contributed by atoms with E-state index < -0.39 is 0 Å². The number of thioether (sulfide) groups is 1. The van der Waals surface area contributed by atoms with Gasteiger partial charge >= 0.3 is 0 Å². The van der Waals surface area contributed by atoms with Gasteiger partial charge in [-0.2, -0.15) is 0 Å². The fourth-order valence-electron chi connectivity index (χ4n) is 1.29. The fraction of sp³-hybridized carbons (Fsp3) is 0.167. The Morgan fingerprint density at radius 3 is 2.47 bits per heavy atom. The molecule has 2 aromatic rings. The summed E-state index contributed by atoms with van der Waals surface area (Å²) in [4.78, 5) is 0. The lowest BCUT2D eigenvalue weighted by Gasteiger charge is -2.03. The Balaban J connectivity index is 1.95. The minimum absolute atomic E-state index is 0.443. The van der Waals surface area contributed by atoms with Crippen LogP contribution in [0.3, 0.4) is 0 Å². The third-order valence-corrected chi connectivity index (χ3v) is 3.20. The highest BCUT2D eigenvalue weighted by molar-refractivity contribution is 7.98. The average Bonchev–Trinajstić information content (AvgIpc) is 2.39. The number of hydrogen-bond donors (Lipinski definition) is 1. The molecule has 2 N–H and O–H groups in total. The standard InChI is InChI=1S/C12H13N3OS/c1-16-10-4-2-9(3-5-10)8-17-12-7-6-11(13)14-15-12/h2-7H,8H2,1H3,(H2,13,14). The van der Waals surface area contributed by atoms with Gasteiger partial charge in [0.15, 0.2) is 0 Å². The van der Waals surface area contributed by atoms with Gasteiger partial charge in [0.1, 0.15) is 16.6 Å². The van der Waals surface area contributed by atoms with E-state index in [9.17, 15) is 0 Å². The first-order valence-electron chi connectivity index (χ1n) is 5.13. The summed E-state index contributed by atoms with van der Waals surface area (Å²) >= 11 is 1.63. The van der Waals surface area contributed by atoms with Gasteiger partial charge in [-0.1, -0.05) is 23.9 Å². The van der Waals surface area contributed by atoms with Crippen molar-refractivity contribution in [2.75, 3.05) is 12.8 Å². The summed E-state index contributed by atoms with van der Waals surface area (Å²) in [7, 11) is 1.66. The molecule has 0 saturated carbocycles. The number of methoxy groups -OCH3 is 1. The van der Waals surface area contributed by atoms with E-state index in [-0.39, 0.29) is 0 Å². The van der Waals surface area contributed by atoms with Crippen LogP contribution in [-0.4, -0.2) is 17.3 Å². The van der Waals surface area contributed by atoms with Gasteiger partial charge in [-0.05, 0) is 29.8 Å². The molecule has 0 atom stereocenters. The Morgan fingerprint density at radius 2 is 1.88 bits per heavy atom. The number of hydrogen-bond acceptors (Lipinski definition) is 5. The molecule has 1 aromatic heterocycles. The van der Waals surface area contributed by atoms with Crippen LogP contribution in [0.5, 0.6) is 5.75 Å². The van der Waals surface area contributed by atoms with Crippen molar-refractivity contribution in [1.82, 2.24) is 10.2 Å². The molecule has 0 saturated heterocycles. The van der Waals surface area contributed by atoms with E-state index in [2.05, 4.69) is 10.2 Å². The Morgan fingerprint density at radius 1 is 1.12 bits per heavy atom. The van der Waals surface area contributed by atoms with Gasteiger partial charge in [-0.25, -0.2) is 0 Å². The van der Waals surface area contributed by atoms with Crippen LogP contribution in [0.15, 0.2) is 41.4 Å². The topological polar surface area (TPSA) is 61.0 Å². The molecule has 4 nitrogen and oxygen atoms in total. The highest BCUT2D eigenvalue weighted by Gasteiger charge is 1.99. The highest BCUT2D eigenvalue weighted by atomic mass is 32.2. The van der Waals surface area contributed by atoms with Gasteiger partial charge in [0.05, 0.1) is 7.11 Å². The summed E-state index contributed by atoms with van der Waals surface area (Å²) in [6.45, 7) is 0. The Bertz CT molecular complexity index is 470. The second-order valence-electron chi connectivity index (χ2n) is 3.43. The van der Waals surface area contributed by atoms with Crippen molar-refractivity contribution < 1.29 is 4.74 Å². The molecule has 0 aliphatic heterocycles. The summed E-state index contributed by atoms with van der Waals surface area (Å²) < 4.78 is 5.10. The monoisotopic (exact) mass is 247 g/mol. The van der Waals surface area contributed by atoms with E-state index in [1.807, 2.05) is 30.3 Å². The Labute approximate surface area is 104 Å². The number of aromatic nitrogens is 2. The smallest absolute Gasteiger partial charge is 0.146 e. The van der Waals surface area contributed by atoms with E-state index in [0.29, 0.717) is 5.82 Å². The number of nitrogens with zero attached hydrogens (tertiary/aromatic N) is 2. The van der Waals surface area contributed by atoms with Gasteiger partial charge in [0.25, 0.3) is 0 Å². The summed E-state index contributed by atoms with van der Waals surface area (Å²) in [5.41, 5.74) is 6.69. The second-order valence-corrected chi connectivity index (χ2v) is 4.43. The van der Waals surface area contributed by atoms with Crippen molar-refractivity contribution in [2.24, 2.45) is 0 Å². The van der Waals surface area contributed by atoms with E-state index >= 15 is 0 Å². The lowest BCUT2D eigenvalue weighted by atomic mass is 10.2. The van der Waals surface area contributed by atoms with Gasteiger partial charge in [-0.3, -0.25) is 0 Å². The number of ether oxygens (including phenoxy) is 1. The summed E-state index contributed by atoms with van der Waals surface area (Å²) in [5, 5.41) is 8.67. The molecule has 17 heavy (non-hydrogen) atoms. The van der Waals surface area contributed by atoms with Gasteiger partial charge in [-0.15, -0.1) is 10.2 Å². The van der Waals surface area contributed by atoms with E-state index in [1.54, 1.807) is 24.9 Å². The van der Waals surface area contributed by atoms with Crippen molar-refractivity contribution in [1.29, 1.82) is 0 Å². The van der Waals surface area contributed by atoms with Crippen LogP contribution in [0.2, 0.25) is 0 Å². The zero-order valence-electron chi connectivity index (χ0n) is 9.46. The van der Waals surface area contributed by atoms with Gasteiger partial charge in [0.2, 0.25) is 0 Å². The third kappa shape index (κ3) is 3.35. The predicted octanol–water partition coefficient (Wildman–Crippen LogP) is 2.36. The first kappa shape index (κ1) is 11.7. The largest absolute Gasteiger partial charge is 0.497 e. The fourth-order valence-corrected chi connectivity index (χ4v) is 2.06. The van der Waals surface area contributed by atoms with Crippen molar-refractivity contribution in [3.05, 3.63) is 42.0 Å². The zero-order chi connectivity index (χ0) is 12.1. The normalized spacial score (nSPS) is 10.2. The molecule has 0 radical (unpaired) electrons. The number of benzene rings is 1. The third-order valence-electron chi connectivity index (χ3n) is 2.21. The van der Waals surface area contributed by atoms with Crippen LogP contribution in [0.1, 0.15) is 5.56 Å². The molecule has 88 valence electrons. The first-order chi connectivity index (χ1) is 8.28. The minimum Gasteiger partial charge on any atom is -0.497 e. The molecule has 0 amide bonds. The Hall–Kier alpha value is -1.75. The van der Waals surface area contributed by atoms with Crippen LogP contribution in [0.4, 0.5) is 5.82 Å². The quantitative estimate of drug-likeness (QED) is 0.840. The summed E-state index contributed by atoms with van der Waals surface area (Å²) in [5.74, 6) is 2.16. The van der Waals surface area contributed by atoms with Crippen LogP contribution < -0.4 is 10.5 Å². The molecule has 1 heterocycles. The predicted molar refractivity (Wildman–Crippen MR) is 69.0 cm³/mol. The number of nitrogen functional groups attached to an aromatic ring is 1. The number of nitrogens with two attached hydrogens (primary N) is 1. The molecule has 0 fully saturated rings. The molecule has 2 rings (SSSR count). The van der Waals surface area contributed by atoms with E-state index in [4.69, 9.17) is 10.5 Å². The first-order valence-corrected chi connectivity index (χ1v) is 6.11. The average molecular weight is 247 g/mol. The lowest BCUT2D eigenvalue weighted by molar-refractivity contribution is 0.414. The minimum atomic E-state index is 0.443. The van der Waals surface area contributed by atoms with Crippen LogP contribution in [0, 0.1) is 0 Å². The van der Waals surface area contributed by atoms with E-state index in [0.717, 1.165) is 16.5 Å². The van der Waals surface area contributed by atoms with Crippen LogP contribution >= 0.6 is 11.8 Å². The maximum Gasteiger partial charge on any atom is 0.146 e. The molecule has 0 aliphatic rings. The molecule has 0 bridgehead atoms.